The van der Waals surface area contributed by atoms with E-state index < -0.39 is 0 Å². The molecule has 1 fully saturated rings. The van der Waals surface area contributed by atoms with Crippen LogP contribution in [0.2, 0.25) is 0 Å². The molecule has 1 saturated heterocycles. The van der Waals surface area contributed by atoms with Gasteiger partial charge in [0.2, 0.25) is 11.8 Å². The van der Waals surface area contributed by atoms with Crippen molar-refractivity contribution in [1.29, 1.82) is 0 Å². The van der Waals surface area contributed by atoms with Crippen molar-refractivity contribution in [3.8, 4) is 5.75 Å². The molecule has 0 atom stereocenters. The second kappa shape index (κ2) is 7.08. The van der Waals surface area contributed by atoms with E-state index in [2.05, 4.69) is 5.32 Å². The number of nitrogens with zero attached hydrogens (tertiary/aromatic N) is 1. The van der Waals surface area contributed by atoms with Gasteiger partial charge < -0.3 is 15.8 Å². The van der Waals surface area contributed by atoms with E-state index in [9.17, 15) is 9.59 Å². The number of carbonyl (C=O) groups excluding carboxylic acids is 2. The summed E-state index contributed by atoms with van der Waals surface area (Å²) in [5.74, 6) is 0.376. The average Bonchev–Trinajstić information content (AvgIpc) is 2.47. The van der Waals surface area contributed by atoms with Gasteiger partial charge in [-0.25, -0.2) is 0 Å². The second-order valence-electron chi connectivity index (χ2n) is 5.24. The first-order valence-electron chi connectivity index (χ1n) is 7.04. The van der Waals surface area contributed by atoms with Crippen LogP contribution in [0.15, 0.2) is 24.3 Å². The largest absolute Gasteiger partial charge is 0.497 e. The molecule has 2 amide bonds. The normalized spacial score (nSPS) is 16.4. The van der Waals surface area contributed by atoms with Crippen molar-refractivity contribution in [3.05, 3.63) is 24.3 Å². The number of ether oxygens (including phenoxy) is 1. The number of methoxy groups -OCH3 is 1. The maximum absolute atomic E-state index is 12.2. The Hall–Kier alpha value is -2.08. The van der Waals surface area contributed by atoms with Crippen LogP contribution in [0.4, 0.5) is 5.69 Å². The van der Waals surface area contributed by atoms with Crippen molar-refractivity contribution < 1.29 is 14.3 Å². The van der Waals surface area contributed by atoms with Crippen LogP contribution in [0.25, 0.3) is 0 Å². The molecule has 1 heterocycles. The number of likely N-dealkylation sites (tertiary alicyclic amines) is 1. The molecule has 2 rings (SSSR count). The maximum Gasteiger partial charge on any atom is 0.231 e. The molecule has 0 unspecified atom stereocenters. The Kier molecular flexibility index (Phi) is 5.16. The van der Waals surface area contributed by atoms with Crippen LogP contribution in [0.3, 0.4) is 0 Å². The molecule has 21 heavy (non-hydrogen) atoms. The quantitative estimate of drug-likeness (QED) is 0.841. The lowest BCUT2D eigenvalue weighted by atomic mass is 9.96. The SMILES string of the molecule is COc1cccc(NC(=O)C2CCN(CC(N)=O)CC2)c1. The summed E-state index contributed by atoms with van der Waals surface area (Å²) in [6, 6.07) is 7.30. The molecule has 6 nitrogen and oxygen atoms in total. The van der Waals surface area contributed by atoms with Gasteiger partial charge in [-0.1, -0.05) is 6.07 Å². The summed E-state index contributed by atoms with van der Waals surface area (Å²) in [6.45, 7) is 1.71. The Morgan fingerprint density at radius 2 is 2.10 bits per heavy atom. The first-order valence-corrected chi connectivity index (χ1v) is 7.04. The van der Waals surface area contributed by atoms with Crippen LogP contribution in [-0.4, -0.2) is 43.5 Å². The van der Waals surface area contributed by atoms with Gasteiger partial charge in [-0.05, 0) is 38.1 Å². The van der Waals surface area contributed by atoms with Gasteiger partial charge in [0, 0.05) is 17.7 Å². The van der Waals surface area contributed by atoms with E-state index in [4.69, 9.17) is 10.5 Å². The van der Waals surface area contributed by atoms with Gasteiger partial charge in [-0.3, -0.25) is 14.5 Å². The summed E-state index contributed by atoms with van der Waals surface area (Å²) in [5, 5.41) is 2.91. The van der Waals surface area contributed by atoms with Crippen molar-refractivity contribution in [2.24, 2.45) is 11.7 Å². The zero-order valence-electron chi connectivity index (χ0n) is 12.2. The fourth-order valence-corrected chi connectivity index (χ4v) is 2.52. The lowest BCUT2D eigenvalue weighted by Gasteiger charge is -2.30. The maximum atomic E-state index is 12.2. The molecule has 0 bridgehead atoms. The van der Waals surface area contributed by atoms with E-state index in [1.165, 1.54) is 0 Å². The molecule has 0 radical (unpaired) electrons. The van der Waals surface area contributed by atoms with Crippen LogP contribution in [-0.2, 0) is 9.59 Å². The minimum atomic E-state index is -0.325. The van der Waals surface area contributed by atoms with Crippen LogP contribution < -0.4 is 15.8 Å². The Bertz CT molecular complexity index is 511. The zero-order chi connectivity index (χ0) is 15.2. The lowest BCUT2D eigenvalue weighted by molar-refractivity contribution is -0.122. The number of amides is 2. The third-order valence-corrected chi connectivity index (χ3v) is 3.68. The number of carbonyl (C=O) groups is 2. The molecule has 0 aliphatic carbocycles. The molecule has 1 aliphatic rings. The number of nitrogens with two attached hydrogens (primary N) is 1. The molecule has 6 heteroatoms. The molecular formula is C15H21N3O3. The standard InChI is InChI=1S/C15H21N3O3/c1-21-13-4-2-3-12(9-13)17-15(20)11-5-7-18(8-6-11)10-14(16)19/h2-4,9,11H,5-8,10H2,1H3,(H2,16,19)(H,17,20). The molecule has 0 aromatic heterocycles. The summed E-state index contributed by atoms with van der Waals surface area (Å²) in [5.41, 5.74) is 5.91. The highest BCUT2D eigenvalue weighted by atomic mass is 16.5. The predicted molar refractivity (Wildman–Crippen MR) is 80.0 cm³/mol. The van der Waals surface area contributed by atoms with Crippen molar-refractivity contribution >= 4 is 17.5 Å². The molecule has 3 N–H and O–H groups in total. The smallest absolute Gasteiger partial charge is 0.231 e. The number of hydrogen-bond donors (Lipinski definition) is 2. The molecule has 0 saturated carbocycles. The molecule has 1 aromatic carbocycles. The number of rotatable bonds is 5. The summed E-state index contributed by atoms with van der Waals surface area (Å²) in [6.07, 6.45) is 1.48. The first-order chi connectivity index (χ1) is 10.1. The van der Waals surface area contributed by atoms with E-state index in [0.29, 0.717) is 5.75 Å². The van der Waals surface area contributed by atoms with Gasteiger partial charge in [0.25, 0.3) is 0 Å². The number of piperidine rings is 1. The van der Waals surface area contributed by atoms with E-state index in [-0.39, 0.29) is 24.3 Å². The molecule has 1 aromatic rings. The Morgan fingerprint density at radius 3 is 2.71 bits per heavy atom. The zero-order valence-corrected chi connectivity index (χ0v) is 12.2. The Labute approximate surface area is 124 Å². The van der Waals surface area contributed by atoms with Gasteiger partial charge in [0.15, 0.2) is 0 Å². The summed E-state index contributed by atoms with van der Waals surface area (Å²) in [7, 11) is 1.59. The fourth-order valence-electron chi connectivity index (χ4n) is 2.52. The van der Waals surface area contributed by atoms with E-state index >= 15 is 0 Å². The summed E-state index contributed by atoms with van der Waals surface area (Å²) >= 11 is 0. The number of benzene rings is 1. The van der Waals surface area contributed by atoms with Crippen molar-refractivity contribution in [3.63, 3.8) is 0 Å². The third-order valence-electron chi connectivity index (χ3n) is 3.68. The number of primary amides is 1. The predicted octanol–water partition coefficient (Wildman–Crippen LogP) is 0.831. The van der Waals surface area contributed by atoms with Crippen molar-refractivity contribution in [2.75, 3.05) is 32.1 Å². The Morgan fingerprint density at radius 1 is 1.38 bits per heavy atom. The van der Waals surface area contributed by atoms with Gasteiger partial charge in [-0.2, -0.15) is 0 Å². The molecule has 1 aliphatic heterocycles. The van der Waals surface area contributed by atoms with Crippen molar-refractivity contribution in [1.82, 2.24) is 4.90 Å². The summed E-state index contributed by atoms with van der Waals surface area (Å²) < 4.78 is 5.13. The fraction of sp³-hybridized carbons (Fsp3) is 0.467. The van der Waals surface area contributed by atoms with Crippen molar-refractivity contribution in [2.45, 2.75) is 12.8 Å². The number of hydrogen-bond acceptors (Lipinski definition) is 4. The molecule has 114 valence electrons. The van der Waals surface area contributed by atoms with Crippen LogP contribution in [0.1, 0.15) is 12.8 Å². The van der Waals surface area contributed by atoms with E-state index in [1.54, 1.807) is 13.2 Å². The molecular weight excluding hydrogens is 270 g/mol. The van der Waals surface area contributed by atoms with Crippen LogP contribution in [0, 0.1) is 5.92 Å². The number of nitrogens with one attached hydrogen (secondary N) is 1. The van der Waals surface area contributed by atoms with Gasteiger partial charge in [0.1, 0.15) is 5.75 Å². The topological polar surface area (TPSA) is 84.7 Å². The average molecular weight is 291 g/mol. The molecule has 0 spiro atoms. The highest BCUT2D eigenvalue weighted by Gasteiger charge is 2.25. The minimum Gasteiger partial charge on any atom is -0.497 e. The Balaban J connectivity index is 1.85. The van der Waals surface area contributed by atoms with Crippen LogP contribution >= 0.6 is 0 Å². The van der Waals surface area contributed by atoms with Gasteiger partial charge in [0.05, 0.1) is 13.7 Å². The third kappa shape index (κ3) is 4.46. The van der Waals surface area contributed by atoms with E-state index in [1.807, 2.05) is 23.1 Å². The van der Waals surface area contributed by atoms with Crippen LogP contribution in [0.5, 0.6) is 5.75 Å². The second-order valence-corrected chi connectivity index (χ2v) is 5.24. The first kappa shape index (κ1) is 15.3. The summed E-state index contributed by atoms with van der Waals surface area (Å²) in [4.78, 5) is 25.1. The lowest BCUT2D eigenvalue weighted by Crippen LogP contribution is -2.42. The minimum absolute atomic E-state index is 0.0157. The monoisotopic (exact) mass is 291 g/mol. The van der Waals surface area contributed by atoms with Gasteiger partial charge in [-0.15, -0.1) is 0 Å². The van der Waals surface area contributed by atoms with E-state index in [0.717, 1.165) is 31.6 Å². The highest BCUT2D eigenvalue weighted by Crippen LogP contribution is 2.21. The number of anilines is 1. The van der Waals surface area contributed by atoms with Gasteiger partial charge >= 0.3 is 0 Å². The highest BCUT2D eigenvalue weighted by molar-refractivity contribution is 5.92.